The Balaban J connectivity index is 1.35. The third-order valence-corrected chi connectivity index (χ3v) is 7.07. The molecule has 1 saturated carbocycles. The predicted octanol–water partition coefficient (Wildman–Crippen LogP) is 3.38. The van der Waals surface area contributed by atoms with Gasteiger partial charge in [-0.3, -0.25) is 0 Å². The number of sulfone groups is 1. The summed E-state index contributed by atoms with van der Waals surface area (Å²) < 4.78 is 34.1. The molecule has 0 bridgehead atoms. The van der Waals surface area contributed by atoms with Crippen LogP contribution < -0.4 is 4.74 Å². The minimum Gasteiger partial charge on any atom is -0.476 e. The van der Waals surface area contributed by atoms with E-state index < -0.39 is 9.84 Å². The number of aryl methyl sites for hydroxylation is 1. The van der Waals surface area contributed by atoms with Gasteiger partial charge in [0.15, 0.2) is 14.9 Å². The summed E-state index contributed by atoms with van der Waals surface area (Å²) in [5, 5.41) is -0.0318. The van der Waals surface area contributed by atoms with E-state index in [1.165, 1.54) is 19.0 Å². The molecule has 2 aliphatic rings. The number of amides is 1. The van der Waals surface area contributed by atoms with Crippen LogP contribution in [0.4, 0.5) is 4.79 Å². The summed E-state index contributed by atoms with van der Waals surface area (Å²) in [4.78, 5) is 22.0. The number of hydrogen-bond acceptors (Lipinski definition) is 7. The number of piperidine rings is 1. The van der Waals surface area contributed by atoms with Gasteiger partial charge in [-0.05, 0) is 70.6 Å². The molecule has 9 heteroatoms. The van der Waals surface area contributed by atoms with Gasteiger partial charge in [0.05, 0.1) is 18.9 Å². The lowest BCUT2D eigenvalue weighted by atomic mass is 9.56. The molecule has 1 saturated heterocycles. The maximum atomic E-state index is 12.0. The standard InChI is InChI=1S/C21H33N3O5S/c1-15(2)29-20(25)24-9-7-21(8-10-24)12-17(13-21)6-5-11-28-19-16(3)23-18(14-22-19)30(4,26)27/h14-15,17H,5-13H2,1-4H3. The largest absolute Gasteiger partial charge is 0.476 e. The van der Waals surface area contributed by atoms with Crippen molar-refractivity contribution in [1.82, 2.24) is 14.9 Å². The molecule has 168 valence electrons. The van der Waals surface area contributed by atoms with E-state index in [2.05, 4.69) is 9.97 Å². The molecule has 2 heterocycles. The molecule has 0 radical (unpaired) electrons. The van der Waals surface area contributed by atoms with E-state index in [0.29, 0.717) is 29.5 Å². The first-order valence-corrected chi connectivity index (χ1v) is 12.6. The van der Waals surface area contributed by atoms with Crippen molar-refractivity contribution in [2.75, 3.05) is 26.0 Å². The van der Waals surface area contributed by atoms with Crippen LogP contribution in [0.1, 0.15) is 58.1 Å². The first kappa shape index (κ1) is 22.8. The van der Waals surface area contributed by atoms with Gasteiger partial charge < -0.3 is 14.4 Å². The zero-order valence-corrected chi connectivity index (χ0v) is 19.2. The van der Waals surface area contributed by atoms with E-state index in [0.717, 1.165) is 45.0 Å². The molecular formula is C21H33N3O5S. The quantitative estimate of drug-likeness (QED) is 0.601. The average Bonchev–Trinajstić information content (AvgIpc) is 2.63. The number of carbonyl (C=O) groups is 1. The highest BCUT2D eigenvalue weighted by atomic mass is 32.2. The zero-order chi connectivity index (χ0) is 21.9. The number of ether oxygens (including phenoxy) is 2. The van der Waals surface area contributed by atoms with Crippen LogP contribution in [-0.2, 0) is 14.6 Å². The molecule has 1 aliphatic carbocycles. The highest BCUT2D eigenvalue weighted by molar-refractivity contribution is 7.90. The fourth-order valence-corrected chi connectivity index (χ4v) is 5.07. The third kappa shape index (κ3) is 5.62. The fourth-order valence-electron chi connectivity index (χ4n) is 4.53. The van der Waals surface area contributed by atoms with Crippen molar-refractivity contribution in [3.8, 4) is 5.88 Å². The van der Waals surface area contributed by atoms with Crippen molar-refractivity contribution >= 4 is 15.9 Å². The maximum absolute atomic E-state index is 12.0. The second-order valence-electron chi connectivity index (χ2n) is 9.06. The number of nitrogens with zero attached hydrogens (tertiary/aromatic N) is 3. The molecule has 0 aromatic carbocycles. The van der Waals surface area contributed by atoms with Crippen molar-refractivity contribution in [3.05, 3.63) is 11.9 Å². The van der Waals surface area contributed by atoms with Gasteiger partial charge in [-0.25, -0.2) is 23.2 Å². The molecule has 1 spiro atoms. The third-order valence-electron chi connectivity index (χ3n) is 6.12. The second kappa shape index (κ2) is 9.08. The van der Waals surface area contributed by atoms with Crippen LogP contribution in [-0.4, -0.2) is 61.4 Å². The SMILES string of the molecule is Cc1nc(S(C)(=O)=O)cnc1OCCCC1CC2(CCN(C(=O)OC(C)C)CC2)C1. The number of rotatable bonds is 7. The summed E-state index contributed by atoms with van der Waals surface area (Å²) in [7, 11) is -3.36. The van der Waals surface area contributed by atoms with Gasteiger partial charge in [-0.15, -0.1) is 0 Å². The van der Waals surface area contributed by atoms with Crippen molar-refractivity contribution < 1.29 is 22.7 Å². The lowest BCUT2D eigenvalue weighted by Gasteiger charge is -2.52. The Morgan fingerprint density at radius 3 is 2.53 bits per heavy atom. The van der Waals surface area contributed by atoms with Crippen molar-refractivity contribution in [2.24, 2.45) is 11.3 Å². The van der Waals surface area contributed by atoms with Crippen LogP contribution in [0.2, 0.25) is 0 Å². The van der Waals surface area contributed by atoms with Crippen molar-refractivity contribution in [2.45, 2.75) is 70.4 Å². The van der Waals surface area contributed by atoms with Gasteiger partial charge in [-0.2, -0.15) is 0 Å². The van der Waals surface area contributed by atoms with Crippen LogP contribution in [0.5, 0.6) is 5.88 Å². The Kier molecular flexibility index (Phi) is 6.89. The molecule has 1 amide bonds. The van der Waals surface area contributed by atoms with Crippen LogP contribution >= 0.6 is 0 Å². The van der Waals surface area contributed by atoms with Gasteiger partial charge in [0, 0.05) is 19.3 Å². The van der Waals surface area contributed by atoms with Gasteiger partial charge in [0.1, 0.15) is 5.69 Å². The molecule has 1 aromatic rings. The highest BCUT2D eigenvalue weighted by Crippen LogP contribution is 2.54. The summed E-state index contributed by atoms with van der Waals surface area (Å²) in [6, 6.07) is 0. The molecule has 2 fully saturated rings. The molecule has 1 aliphatic heterocycles. The molecule has 0 atom stereocenters. The Bertz CT molecular complexity index is 855. The van der Waals surface area contributed by atoms with Crippen LogP contribution in [0, 0.1) is 18.3 Å². The fraction of sp³-hybridized carbons (Fsp3) is 0.762. The Morgan fingerprint density at radius 1 is 1.30 bits per heavy atom. The zero-order valence-electron chi connectivity index (χ0n) is 18.4. The van der Waals surface area contributed by atoms with Crippen LogP contribution in [0.25, 0.3) is 0 Å². The highest BCUT2D eigenvalue weighted by Gasteiger charge is 2.46. The Labute approximate surface area is 179 Å². The molecule has 3 rings (SSSR count). The maximum Gasteiger partial charge on any atom is 0.410 e. The van der Waals surface area contributed by atoms with Crippen LogP contribution in [0.15, 0.2) is 11.2 Å². The normalized spacial score (nSPS) is 19.0. The lowest BCUT2D eigenvalue weighted by molar-refractivity contribution is -0.0204. The number of hydrogen-bond donors (Lipinski definition) is 0. The first-order valence-electron chi connectivity index (χ1n) is 10.7. The smallest absolute Gasteiger partial charge is 0.410 e. The molecule has 30 heavy (non-hydrogen) atoms. The summed E-state index contributed by atoms with van der Waals surface area (Å²) >= 11 is 0. The summed E-state index contributed by atoms with van der Waals surface area (Å²) in [5.74, 6) is 1.11. The number of aromatic nitrogens is 2. The lowest BCUT2D eigenvalue weighted by Crippen LogP contribution is -2.49. The van der Waals surface area contributed by atoms with E-state index >= 15 is 0 Å². The monoisotopic (exact) mass is 439 g/mol. The van der Waals surface area contributed by atoms with E-state index in [-0.39, 0.29) is 17.2 Å². The Morgan fingerprint density at radius 2 is 1.97 bits per heavy atom. The minimum absolute atomic E-state index is 0.0318. The van der Waals surface area contributed by atoms with E-state index in [4.69, 9.17) is 9.47 Å². The Hall–Kier alpha value is -1.90. The van der Waals surface area contributed by atoms with Gasteiger partial charge in [0.25, 0.3) is 0 Å². The molecule has 0 N–H and O–H groups in total. The molecular weight excluding hydrogens is 406 g/mol. The second-order valence-corrected chi connectivity index (χ2v) is 11.0. The van der Waals surface area contributed by atoms with Crippen molar-refractivity contribution in [1.29, 1.82) is 0 Å². The molecule has 8 nitrogen and oxygen atoms in total. The number of likely N-dealkylation sites (tertiary alicyclic amines) is 1. The predicted molar refractivity (Wildman–Crippen MR) is 112 cm³/mol. The van der Waals surface area contributed by atoms with E-state index in [1.807, 2.05) is 18.7 Å². The van der Waals surface area contributed by atoms with Crippen molar-refractivity contribution in [3.63, 3.8) is 0 Å². The summed E-state index contributed by atoms with van der Waals surface area (Å²) in [6.45, 7) is 7.60. The number of carbonyl (C=O) groups excluding carboxylic acids is 1. The van der Waals surface area contributed by atoms with Gasteiger partial charge >= 0.3 is 6.09 Å². The molecule has 1 aromatic heterocycles. The van der Waals surface area contributed by atoms with Gasteiger partial charge in [-0.1, -0.05) is 0 Å². The van der Waals surface area contributed by atoms with Gasteiger partial charge in [0.2, 0.25) is 5.88 Å². The minimum atomic E-state index is -3.36. The summed E-state index contributed by atoms with van der Waals surface area (Å²) in [5.41, 5.74) is 0.896. The van der Waals surface area contributed by atoms with Crippen LogP contribution in [0.3, 0.4) is 0 Å². The first-order chi connectivity index (χ1) is 14.1. The van der Waals surface area contributed by atoms with E-state index in [1.54, 1.807) is 6.92 Å². The molecule has 0 unspecified atom stereocenters. The summed E-state index contributed by atoms with van der Waals surface area (Å²) in [6.07, 6.45) is 8.72. The average molecular weight is 440 g/mol. The topological polar surface area (TPSA) is 98.7 Å². The van der Waals surface area contributed by atoms with E-state index in [9.17, 15) is 13.2 Å².